The Kier molecular flexibility index (Phi) is 3.31. The summed E-state index contributed by atoms with van der Waals surface area (Å²) in [6.45, 7) is 1.85. The van der Waals surface area contributed by atoms with Crippen LogP contribution in [0.3, 0.4) is 0 Å². The van der Waals surface area contributed by atoms with E-state index in [0.717, 1.165) is 5.56 Å². The first-order valence-electron chi connectivity index (χ1n) is 7.61. The van der Waals surface area contributed by atoms with Gasteiger partial charge in [-0.05, 0) is 25.1 Å². The van der Waals surface area contributed by atoms with Gasteiger partial charge in [0.15, 0.2) is 0 Å². The zero-order valence-corrected chi connectivity index (χ0v) is 13.6. The summed E-state index contributed by atoms with van der Waals surface area (Å²) in [6, 6.07) is 13.9. The molecular weight excluding hydrogens is 330 g/mol. The third kappa shape index (κ3) is 1.96. The summed E-state index contributed by atoms with van der Waals surface area (Å²) >= 11 is 5.95. The molecule has 0 saturated heterocycles. The number of para-hydroxylation sites is 1. The van der Waals surface area contributed by atoms with Crippen molar-refractivity contribution < 1.29 is 9.66 Å². The SMILES string of the molecule is C[C@H]1N=N[C@@]2([N+](=O)[O-])[C@H](c3ccc(Cl)cc3)Oc3ccccc3[C@@H]12. The minimum atomic E-state index is -1.67. The second-order valence-electron chi connectivity index (χ2n) is 6.06. The van der Waals surface area contributed by atoms with E-state index in [1.54, 1.807) is 24.3 Å². The molecule has 0 unspecified atom stereocenters. The van der Waals surface area contributed by atoms with E-state index < -0.39 is 17.7 Å². The smallest absolute Gasteiger partial charge is 0.378 e. The van der Waals surface area contributed by atoms with Crippen molar-refractivity contribution >= 4 is 11.6 Å². The van der Waals surface area contributed by atoms with Crippen LogP contribution in [-0.4, -0.2) is 16.6 Å². The molecule has 24 heavy (non-hydrogen) atoms. The number of nitro groups is 1. The molecule has 0 amide bonds. The van der Waals surface area contributed by atoms with Gasteiger partial charge in [0.05, 0.1) is 11.0 Å². The van der Waals surface area contributed by atoms with Crippen molar-refractivity contribution in [1.29, 1.82) is 0 Å². The van der Waals surface area contributed by atoms with Gasteiger partial charge in [-0.1, -0.05) is 41.9 Å². The van der Waals surface area contributed by atoms with Gasteiger partial charge >= 0.3 is 5.66 Å². The molecule has 0 radical (unpaired) electrons. The molecule has 4 rings (SSSR count). The molecule has 122 valence electrons. The predicted octanol–water partition coefficient (Wildman–Crippen LogP) is 4.38. The van der Waals surface area contributed by atoms with Gasteiger partial charge in [0.1, 0.15) is 11.7 Å². The molecule has 2 aromatic rings. The van der Waals surface area contributed by atoms with Crippen LogP contribution in [0.25, 0.3) is 0 Å². The van der Waals surface area contributed by atoms with Gasteiger partial charge in [-0.3, -0.25) is 10.1 Å². The highest BCUT2D eigenvalue weighted by Gasteiger charge is 2.67. The molecule has 0 fully saturated rings. The number of hydrogen-bond donors (Lipinski definition) is 0. The lowest BCUT2D eigenvalue weighted by molar-refractivity contribution is -0.586. The largest absolute Gasteiger partial charge is 0.475 e. The summed E-state index contributed by atoms with van der Waals surface area (Å²) in [4.78, 5) is 11.7. The van der Waals surface area contributed by atoms with E-state index >= 15 is 0 Å². The zero-order chi connectivity index (χ0) is 16.9. The first-order valence-corrected chi connectivity index (χ1v) is 7.99. The fourth-order valence-corrected chi connectivity index (χ4v) is 3.75. The van der Waals surface area contributed by atoms with E-state index in [1.165, 1.54) is 0 Å². The maximum absolute atomic E-state index is 12.1. The minimum absolute atomic E-state index is 0.296. The van der Waals surface area contributed by atoms with Gasteiger partial charge in [-0.25, -0.2) is 0 Å². The molecule has 2 aliphatic heterocycles. The van der Waals surface area contributed by atoms with E-state index in [-0.39, 0.29) is 11.0 Å². The standard InChI is InChI=1S/C17H14ClN3O3/c1-10-15-13-4-2-3-5-14(13)24-16(11-6-8-12(18)9-7-11)17(15,20-19-10)21(22)23/h2-10,15-16H,1H3/t10-,15-,16+,17+/m1/s1. The van der Waals surface area contributed by atoms with E-state index in [9.17, 15) is 10.1 Å². The molecule has 7 heteroatoms. The maximum atomic E-state index is 12.1. The number of hydrogen-bond acceptors (Lipinski definition) is 5. The van der Waals surface area contributed by atoms with Crippen LogP contribution in [0.5, 0.6) is 5.75 Å². The molecule has 0 aromatic heterocycles. The number of azo groups is 1. The quantitative estimate of drug-likeness (QED) is 0.599. The summed E-state index contributed by atoms with van der Waals surface area (Å²) in [5, 5.41) is 20.9. The van der Waals surface area contributed by atoms with Crippen molar-refractivity contribution in [2.45, 2.75) is 30.7 Å². The first kappa shape index (κ1) is 15.1. The van der Waals surface area contributed by atoms with Gasteiger partial charge in [0.2, 0.25) is 6.10 Å². The lowest BCUT2D eigenvalue weighted by Gasteiger charge is -2.38. The summed E-state index contributed by atoms with van der Waals surface area (Å²) < 4.78 is 6.05. The molecule has 2 heterocycles. The molecule has 2 aromatic carbocycles. The van der Waals surface area contributed by atoms with Crippen molar-refractivity contribution in [2.75, 3.05) is 0 Å². The van der Waals surface area contributed by atoms with Crippen molar-refractivity contribution in [3.63, 3.8) is 0 Å². The molecule has 2 aliphatic rings. The summed E-state index contributed by atoms with van der Waals surface area (Å²) in [5.74, 6) is 0.164. The monoisotopic (exact) mass is 343 g/mol. The number of fused-ring (bicyclic) bond motifs is 3. The highest BCUT2D eigenvalue weighted by atomic mass is 35.5. The van der Waals surface area contributed by atoms with Crippen molar-refractivity contribution in [2.24, 2.45) is 10.2 Å². The third-order valence-corrected chi connectivity index (χ3v) is 4.94. The van der Waals surface area contributed by atoms with Crippen molar-refractivity contribution in [3.05, 3.63) is 74.8 Å². The normalized spacial score (nSPS) is 30.3. The molecule has 0 spiro atoms. The molecule has 0 aliphatic carbocycles. The molecule has 0 N–H and O–H groups in total. The summed E-state index contributed by atoms with van der Waals surface area (Å²) in [7, 11) is 0. The van der Waals surface area contributed by atoms with Crippen molar-refractivity contribution in [1.82, 2.24) is 0 Å². The molecule has 0 bridgehead atoms. The fourth-order valence-electron chi connectivity index (χ4n) is 3.63. The Bertz CT molecular complexity index is 839. The Hall–Kier alpha value is -2.47. The lowest BCUT2D eigenvalue weighted by atomic mass is 9.75. The molecule has 6 nitrogen and oxygen atoms in total. The van der Waals surface area contributed by atoms with Gasteiger partial charge in [-0.2, -0.15) is 5.11 Å². The summed E-state index contributed by atoms with van der Waals surface area (Å²) in [6.07, 6.45) is -0.863. The number of benzene rings is 2. The number of halogens is 1. The number of rotatable bonds is 2. The summed E-state index contributed by atoms with van der Waals surface area (Å²) in [5.41, 5.74) is -0.234. The van der Waals surface area contributed by atoms with Gasteiger partial charge in [0.25, 0.3) is 0 Å². The Morgan fingerprint density at radius 3 is 2.62 bits per heavy atom. The van der Waals surface area contributed by atoms with Gasteiger partial charge in [-0.15, -0.1) is 5.11 Å². The molecule has 4 atom stereocenters. The van der Waals surface area contributed by atoms with Crippen LogP contribution >= 0.6 is 11.6 Å². The average molecular weight is 344 g/mol. The predicted molar refractivity (Wildman–Crippen MR) is 88.0 cm³/mol. The number of nitrogens with zero attached hydrogens (tertiary/aromatic N) is 3. The fraction of sp³-hybridized carbons (Fsp3) is 0.294. The Labute approximate surface area is 143 Å². The van der Waals surface area contributed by atoms with E-state index in [4.69, 9.17) is 16.3 Å². The highest BCUT2D eigenvalue weighted by Crippen LogP contribution is 2.55. The van der Waals surface area contributed by atoms with Crippen LogP contribution < -0.4 is 4.74 Å². The van der Waals surface area contributed by atoms with E-state index in [0.29, 0.717) is 16.3 Å². The second-order valence-corrected chi connectivity index (χ2v) is 6.50. The van der Waals surface area contributed by atoms with Crippen LogP contribution in [0.1, 0.15) is 30.1 Å². The van der Waals surface area contributed by atoms with Gasteiger partial charge < -0.3 is 4.74 Å². The zero-order valence-electron chi connectivity index (χ0n) is 12.8. The Morgan fingerprint density at radius 2 is 1.92 bits per heavy atom. The highest BCUT2D eigenvalue weighted by molar-refractivity contribution is 6.30. The first-order chi connectivity index (χ1) is 11.5. The van der Waals surface area contributed by atoms with Crippen LogP contribution in [0, 0.1) is 10.1 Å². The topological polar surface area (TPSA) is 77.1 Å². The van der Waals surface area contributed by atoms with Crippen LogP contribution in [-0.2, 0) is 0 Å². The minimum Gasteiger partial charge on any atom is -0.475 e. The van der Waals surface area contributed by atoms with E-state index in [1.807, 2.05) is 31.2 Å². The van der Waals surface area contributed by atoms with Gasteiger partial charge in [0, 0.05) is 16.1 Å². The maximum Gasteiger partial charge on any atom is 0.378 e. The van der Waals surface area contributed by atoms with Crippen molar-refractivity contribution in [3.8, 4) is 5.75 Å². The van der Waals surface area contributed by atoms with Crippen LogP contribution in [0.4, 0.5) is 0 Å². The lowest BCUT2D eigenvalue weighted by Crippen LogP contribution is -2.52. The third-order valence-electron chi connectivity index (χ3n) is 4.69. The van der Waals surface area contributed by atoms with Crippen LogP contribution in [0.15, 0.2) is 58.8 Å². The number of ether oxygens (including phenoxy) is 1. The molecule has 0 saturated carbocycles. The van der Waals surface area contributed by atoms with E-state index in [2.05, 4.69) is 10.2 Å². The second kappa shape index (κ2) is 5.27. The Morgan fingerprint density at radius 1 is 1.21 bits per heavy atom. The van der Waals surface area contributed by atoms with Crippen LogP contribution in [0.2, 0.25) is 5.02 Å². The average Bonchev–Trinajstić information content (AvgIpc) is 2.94. The Balaban J connectivity index is 1.94. The molecular formula is C17H14ClN3O3.